The van der Waals surface area contributed by atoms with Gasteiger partial charge in [0.2, 0.25) is 0 Å². The molecule has 0 aliphatic rings. The van der Waals surface area contributed by atoms with E-state index in [1.165, 1.54) is 18.2 Å². The first-order chi connectivity index (χ1) is 7.02. The summed E-state index contributed by atoms with van der Waals surface area (Å²) < 4.78 is 0. The Balaban J connectivity index is 0.000000583. The third kappa shape index (κ3) is 4.35. The van der Waals surface area contributed by atoms with Crippen LogP contribution in [-0.4, -0.2) is 28.3 Å². The van der Waals surface area contributed by atoms with Crippen molar-refractivity contribution in [3.8, 4) is 0 Å². The molecule has 0 atom stereocenters. The van der Waals surface area contributed by atoms with E-state index in [-0.39, 0.29) is 17.3 Å². The number of rotatable bonds is 2. The molecule has 0 saturated heterocycles. The van der Waals surface area contributed by atoms with Gasteiger partial charge in [0.15, 0.2) is 0 Å². The molecule has 2 N–H and O–H groups in total. The van der Waals surface area contributed by atoms with Crippen LogP contribution in [0.3, 0.4) is 0 Å². The molecular formula is C9H6O6. The Bertz CT molecular complexity index is 374. The lowest BCUT2D eigenvalue weighted by Crippen LogP contribution is -2.01. The zero-order chi connectivity index (χ0) is 11.8. The molecule has 0 fully saturated rings. The van der Waals surface area contributed by atoms with Gasteiger partial charge in [-0.1, -0.05) is 6.07 Å². The van der Waals surface area contributed by atoms with Crippen molar-refractivity contribution in [3.63, 3.8) is 0 Å². The first-order valence-corrected chi connectivity index (χ1v) is 3.59. The third-order valence-electron chi connectivity index (χ3n) is 1.36. The molecule has 0 aliphatic carbocycles. The lowest BCUT2D eigenvalue weighted by molar-refractivity contribution is -0.191. The maximum atomic E-state index is 10.4. The summed E-state index contributed by atoms with van der Waals surface area (Å²) in [6.07, 6.45) is 0.250. The number of benzene rings is 1. The molecule has 6 nitrogen and oxygen atoms in total. The van der Waals surface area contributed by atoms with Gasteiger partial charge in [-0.2, -0.15) is 9.59 Å². The number of hydrogen-bond donors (Lipinski definition) is 2. The van der Waals surface area contributed by atoms with Gasteiger partial charge in [-0.3, -0.25) is 0 Å². The second kappa shape index (κ2) is 6.06. The van der Waals surface area contributed by atoms with Gasteiger partial charge in [0.1, 0.15) is 0 Å². The normalized spacial score (nSPS) is 8.00. The van der Waals surface area contributed by atoms with Crippen LogP contribution in [-0.2, 0) is 9.59 Å². The number of carbonyl (C=O) groups is 2. The van der Waals surface area contributed by atoms with Crippen LogP contribution in [0, 0.1) is 0 Å². The molecule has 0 amide bonds. The smallest absolute Gasteiger partial charge is 0.373 e. The van der Waals surface area contributed by atoms with Gasteiger partial charge >= 0.3 is 18.1 Å². The van der Waals surface area contributed by atoms with E-state index in [1.54, 1.807) is 0 Å². The van der Waals surface area contributed by atoms with Crippen LogP contribution in [0.1, 0.15) is 20.7 Å². The zero-order valence-electron chi connectivity index (χ0n) is 7.34. The van der Waals surface area contributed by atoms with Crippen molar-refractivity contribution >= 4 is 18.1 Å². The van der Waals surface area contributed by atoms with E-state index in [2.05, 4.69) is 0 Å². The maximum absolute atomic E-state index is 10.4. The van der Waals surface area contributed by atoms with Crippen molar-refractivity contribution in [3.05, 3.63) is 35.4 Å². The largest absolute Gasteiger partial charge is 0.478 e. The topological polar surface area (TPSA) is 109 Å². The molecule has 0 aromatic heterocycles. The van der Waals surface area contributed by atoms with Gasteiger partial charge in [0, 0.05) is 0 Å². The first-order valence-electron chi connectivity index (χ1n) is 3.59. The molecule has 15 heavy (non-hydrogen) atoms. The molecule has 6 heteroatoms. The van der Waals surface area contributed by atoms with Crippen molar-refractivity contribution in [1.29, 1.82) is 0 Å². The number of carboxylic acid groups (broad SMARTS) is 2. The monoisotopic (exact) mass is 210 g/mol. The summed E-state index contributed by atoms with van der Waals surface area (Å²) in [7, 11) is 0. The van der Waals surface area contributed by atoms with E-state index in [9.17, 15) is 9.59 Å². The predicted octanol–water partition coefficient (Wildman–Crippen LogP) is 0.499. The van der Waals surface area contributed by atoms with E-state index in [1.807, 2.05) is 0 Å². The second-order valence-electron chi connectivity index (χ2n) is 2.27. The quantitative estimate of drug-likeness (QED) is 0.735. The van der Waals surface area contributed by atoms with Gasteiger partial charge in [-0.05, 0) is 18.2 Å². The van der Waals surface area contributed by atoms with Crippen LogP contribution in [0.2, 0.25) is 0 Å². The molecule has 0 radical (unpaired) electrons. The van der Waals surface area contributed by atoms with Crippen LogP contribution in [0.4, 0.5) is 0 Å². The molecule has 0 spiro atoms. The third-order valence-corrected chi connectivity index (χ3v) is 1.36. The fourth-order valence-electron chi connectivity index (χ4n) is 0.785. The fourth-order valence-corrected chi connectivity index (χ4v) is 0.785. The predicted molar refractivity (Wildman–Crippen MR) is 45.4 cm³/mol. The molecule has 0 bridgehead atoms. The Kier molecular flexibility index (Phi) is 5.07. The van der Waals surface area contributed by atoms with Gasteiger partial charge in [-0.25, -0.2) is 9.59 Å². The van der Waals surface area contributed by atoms with Crippen LogP contribution in [0.15, 0.2) is 24.3 Å². The van der Waals surface area contributed by atoms with Crippen LogP contribution >= 0.6 is 0 Å². The molecule has 0 heterocycles. The molecule has 1 aromatic rings. The zero-order valence-corrected chi connectivity index (χ0v) is 7.34. The number of carbonyl (C=O) groups excluding carboxylic acids is 2. The molecule has 78 valence electrons. The summed E-state index contributed by atoms with van der Waals surface area (Å²) in [6.45, 7) is 0. The Morgan fingerprint density at radius 1 is 1.00 bits per heavy atom. The SMILES string of the molecule is O=C(O)c1cccc(C(=O)O)c1.O=C=O. The summed E-state index contributed by atoms with van der Waals surface area (Å²) in [5, 5.41) is 17.0. The van der Waals surface area contributed by atoms with Crippen LogP contribution in [0.5, 0.6) is 0 Å². The van der Waals surface area contributed by atoms with E-state index in [0.717, 1.165) is 6.07 Å². The van der Waals surface area contributed by atoms with Gasteiger partial charge in [0.25, 0.3) is 0 Å². The molecule has 0 unspecified atom stereocenters. The lowest BCUT2D eigenvalue weighted by atomic mass is 10.1. The van der Waals surface area contributed by atoms with Gasteiger partial charge < -0.3 is 10.2 Å². The Hall–Kier alpha value is -2.46. The Morgan fingerprint density at radius 3 is 1.60 bits per heavy atom. The minimum Gasteiger partial charge on any atom is -0.478 e. The maximum Gasteiger partial charge on any atom is 0.373 e. The fraction of sp³-hybridized carbons (Fsp3) is 0. The number of aromatic carboxylic acids is 2. The van der Waals surface area contributed by atoms with Gasteiger partial charge in [-0.15, -0.1) is 0 Å². The second-order valence-corrected chi connectivity index (χ2v) is 2.27. The van der Waals surface area contributed by atoms with Crippen molar-refractivity contribution in [2.24, 2.45) is 0 Å². The first kappa shape index (κ1) is 12.5. The Morgan fingerprint density at radius 2 is 1.33 bits per heavy atom. The average molecular weight is 210 g/mol. The van der Waals surface area contributed by atoms with Crippen molar-refractivity contribution in [1.82, 2.24) is 0 Å². The molecule has 0 aliphatic heterocycles. The van der Waals surface area contributed by atoms with Crippen LogP contribution in [0.25, 0.3) is 0 Å². The van der Waals surface area contributed by atoms with E-state index >= 15 is 0 Å². The summed E-state index contributed by atoms with van der Waals surface area (Å²) in [5.74, 6) is -2.25. The number of hydrogen-bond acceptors (Lipinski definition) is 4. The molecule has 1 rings (SSSR count). The summed E-state index contributed by atoms with van der Waals surface area (Å²) >= 11 is 0. The standard InChI is InChI=1S/C8H6O4.CO2/c9-7(10)5-2-1-3-6(4-5)8(11)12;2-1-3/h1-4H,(H,9,10)(H,11,12);. The van der Waals surface area contributed by atoms with Gasteiger partial charge in [0.05, 0.1) is 11.1 Å². The van der Waals surface area contributed by atoms with E-state index in [4.69, 9.17) is 19.8 Å². The van der Waals surface area contributed by atoms with Crippen molar-refractivity contribution in [2.75, 3.05) is 0 Å². The van der Waals surface area contributed by atoms with E-state index in [0.29, 0.717) is 0 Å². The van der Waals surface area contributed by atoms with Crippen molar-refractivity contribution in [2.45, 2.75) is 0 Å². The highest BCUT2D eigenvalue weighted by Gasteiger charge is 2.06. The highest BCUT2D eigenvalue weighted by molar-refractivity contribution is 5.93. The highest BCUT2D eigenvalue weighted by Crippen LogP contribution is 2.04. The summed E-state index contributed by atoms with van der Waals surface area (Å²) in [5.41, 5.74) is -0.0372. The van der Waals surface area contributed by atoms with Crippen LogP contribution < -0.4 is 0 Å². The summed E-state index contributed by atoms with van der Waals surface area (Å²) in [4.78, 5) is 37.0. The number of carboxylic acids is 2. The Labute approximate surface area is 83.8 Å². The average Bonchev–Trinajstić information content (AvgIpc) is 2.19. The lowest BCUT2D eigenvalue weighted by Gasteiger charge is -1.95. The summed E-state index contributed by atoms with van der Waals surface area (Å²) in [6, 6.07) is 5.20. The van der Waals surface area contributed by atoms with Crippen molar-refractivity contribution < 1.29 is 29.4 Å². The van der Waals surface area contributed by atoms with E-state index < -0.39 is 11.9 Å². The highest BCUT2D eigenvalue weighted by atomic mass is 16.4. The molecular weight excluding hydrogens is 204 g/mol. The molecule has 0 saturated carbocycles. The minimum absolute atomic E-state index is 0.0186. The minimum atomic E-state index is -1.13. The molecule has 1 aromatic carbocycles.